The lowest BCUT2D eigenvalue weighted by molar-refractivity contribution is -0.136. The van der Waals surface area contributed by atoms with Crippen molar-refractivity contribution in [2.75, 3.05) is 4.72 Å². The molecule has 2 N–H and O–H groups in total. The fourth-order valence-corrected chi connectivity index (χ4v) is 4.24. The number of amides is 3. The standard InChI is InChI=1S/C17H15N3O6S/c21-14-6-5-13(16(22)18-14)20-9-10-8-11(3-4-12(10)17(20)23)19-27(24,25)15-2-1-7-26-15/h1-4,7-8,13,19H,5-6,9H2,(H,18,21,22). The Kier molecular flexibility index (Phi) is 3.99. The number of anilines is 1. The first-order valence-electron chi connectivity index (χ1n) is 8.19. The van der Waals surface area contributed by atoms with Gasteiger partial charge in [0.2, 0.25) is 16.9 Å². The lowest BCUT2D eigenvalue weighted by Crippen LogP contribution is -2.52. The number of piperidine rings is 1. The fourth-order valence-electron chi connectivity index (χ4n) is 3.26. The zero-order chi connectivity index (χ0) is 19.2. The van der Waals surface area contributed by atoms with Crippen molar-refractivity contribution in [1.29, 1.82) is 0 Å². The van der Waals surface area contributed by atoms with Crippen LogP contribution in [0.5, 0.6) is 0 Å². The van der Waals surface area contributed by atoms with Crippen LogP contribution in [0.2, 0.25) is 0 Å². The van der Waals surface area contributed by atoms with Crippen LogP contribution in [0.15, 0.2) is 46.1 Å². The van der Waals surface area contributed by atoms with Gasteiger partial charge in [0.1, 0.15) is 6.04 Å². The Morgan fingerprint density at radius 1 is 1.19 bits per heavy atom. The number of nitrogens with one attached hydrogen (secondary N) is 2. The third-order valence-corrected chi connectivity index (χ3v) is 5.80. The minimum absolute atomic E-state index is 0.163. The molecule has 10 heteroatoms. The van der Waals surface area contributed by atoms with Gasteiger partial charge in [0.15, 0.2) is 0 Å². The number of carbonyl (C=O) groups is 3. The molecule has 3 amide bonds. The van der Waals surface area contributed by atoms with Gasteiger partial charge in [-0.05, 0) is 42.3 Å². The largest absolute Gasteiger partial charge is 0.451 e. The quantitative estimate of drug-likeness (QED) is 0.747. The second kappa shape index (κ2) is 6.23. The topological polar surface area (TPSA) is 126 Å². The van der Waals surface area contributed by atoms with Gasteiger partial charge in [-0.15, -0.1) is 0 Å². The molecule has 27 heavy (non-hydrogen) atoms. The van der Waals surface area contributed by atoms with Crippen molar-refractivity contribution >= 4 is 33.4 Å². The molecule has 1 fully saturated rings. The van der Waals surface area contributed by atoms with Crippen LogP contribution in [0, 0.1) is 0 Å². The molecule has 1 aromatic heterocycles. The molecule has 1 atom stereocenters. The summed E-state index contributed by atoms with van der Waals surface area (Å²) in [4.78, 5) is 37.4. The zero-order valence-corrected chi connectivity index (χ0v) is 14.8. The monoisotopic (exact) mass is 389 g/mol. The second-order valence-corrected chi connectivity index (χ2v) is 7.92. The summed E-state index contributed by atoms with van der Waals surface area (Å²) in [7, 11) is -3.87. The molecule has 1 aromatic carbocycles. The number of hydrogen-bond donors (Lipinski definition) is 2. The summed E-state index contributed by atoms with van der Waals surface area (Å²) in [5.41, 5.74) is 1.29. The Bertz CT molecular complexity index is 1040. The maximum atomic E-state index is 12.6. The van der Waals surface area contributed by atoms with Crippen molar-refractivity contribution in [3.63, 3.8) is 0 Å². The van der Waals surface area contributed by atoms with Gasteiger partial charge >= 0.3 is 0 Å². The van der Waals surface area contributed by atoms with Crippen molar-refractivity contribution in [2.24, 2.45) is 0 Å². The van der Waals surface area contributed by atoms with Crippen molar-refractivity contribution in [3.05, 3.63) is 47.7 Å². The Labute approximate surface area is 154 Å². The molecule has 4 rings (SSSR count). The predicted molar refractivity (Wildman–Crippen MR) is 92.0 cm³/mol. The summed E-state index contributed by atoms with van der Waals surface area (Å²) in [6.07, 6.45) is 1.70. The van der Waals surface area contributed by atoms with Crippen molar-refractivity contribution in [1.82, 2.24) is 10.2 Å². The highest BCUT2D eigenvalue weighted by Gasteiger charge is 2.39. The van der Waals surface area contributed by atoms with Gasteiger partial charge < -0.3 is 9.32 Å². The first kappa shape index (κ1) is 17.3. The van der Waals surface area contributed by atoms with Gasteiger partial charge in [0.05, 0.1) is 6.26 Å². The predicted octanol–water partition coefficient (Wildman–Crippen LogP) is 0.841. The Hall–Kier alpha value is -3.14. The van der Waals surface area contributed by atoms with Crippen LogP contribution >= 0.6 is 0 Å². The summed E-state index contributed by atoms with van der Waals surface area (Å²) in [6, 6.07) is 6.62. The average Bonchev–Trinajstić information content (AvgIpc) is 3.24. The number of benzene rings is 1. The molecular weight excluding hydrogens is 374 g/mol. The number of carbonyl (C=O) groups excluding carboxylic acids is 3. The number of sulfonamides is 1. The van der Waals surface area contributed by atoms with Crippen LogP contribution in [0.4, 0.5) is 5.69 Å². The van der Waals surface area contributed by atoms with Gasteiger partial charge in [-0.3, -0.25) is 24.4 Å². The highest BCUT2D eigenvalue weighted by atomic mass is 32.2. The highest BCUT2D eigenvalue weighted by molar-refractivity contribution is 7.92. The average molecular weight is 389 g/mol. The Morgan fingerprint density at radius 2 is 2.00 bits per heavy atom. The van der Waals surface area contributed by atoms with Crippen LogP contribution in [0.3, 0.4) is 0 Å². The van der Waals surface area contributed by atoms with E-state index < -0.39 is 22.0 Å². The molecule has 3 heterocycles. The maximum absolute atomic E-state index is 12.6. The lowest BCUT2D eigenvalue weighted by atomic mass is 10.0. The Morgan fingerprint density at radius 3 is 2.70 bits per heavy atom. The molecule has 0 bridgehead atoms. The normalized spacial score (nSPS) is 19.8. The summed E-state index contributed by atoms with van der Waals surface area (Å²) in [5.74, 6) is -1.17. The molecule has 9 nitrogen and oxygen atoms in total. The lowest BCUT2D eigenvalue weighted by Gasteiger charge is -2.29. The maximum Gasteiger partial charge on any atom is 0.295 e. The highest BCUT2D eigenvalue weighted by Crippen LogP contribution is 2.30. The van der Waals surface area contributed by atoms with E-state index >= 15 is 0 Å². The molecule has 1 unspecified atom stereocenters. The van der Waals surface area contributed by atoms with Gasteiger partial charge in [-0.25, -0.2) is 0 Å². The van der Waals surface area contributed by atoms with Gasteiger partial charge in [-0.2, -0.15) is 8.42 Å². The number of rotatable bonds is 4. The van der Waals surface area contributed by atoms with E-state index in [-0.39, 0.29) is 42.0 Å². The molecule has 1 saturated heterocycles. The van der Waals surface area contributed by atoms with E-state index in [2.05, 4.69) is 10.0 Å². The van der Waals surface area contributed by atoms with Crippen LogP contribution in [0.1, 0.15) is 28.8 Å². The number of nitrogens with zero attached hydrogens (tertiary/aromatic N) is 1. The molecule has 140 valence electrons. The SMILES string of the molecule is O=C1CCC(N2Cc3cc(NS(=O)(=O)c4ccco4)ccc3C2=O)C(=O)N1. The molecule has 2 aliphatic heterocycles. The van der Waals surface area contributed by atoms with E-state index in [1.54, 1.807) is 6.07 Å². The summed E-state index contributed by atoms with van der Waals surface area (Å²) in [5, 5.41) is 2.02. The summed E-state index contributed by atoms with van der Waals surface area (Å²) >= 11 is 0. The van der Waals surface area contributed by atoms with E-state index in [4.69, 9.17) is 4.42 Å². The minimum Gasteiger partial charge on any atom is -0.451 e. The smallest absolute Gasteiger partial charge is 0.295 e. The van der Waals surface area contributed by atoms with E-state index in [0.29, 0.717) is 11.1 Å². The second-order valence-electron chi connectivity index (χ2n) is 6.31. The molecule has 0 spiro atoms. The van der Waals surface area contributed by atoms with Crippen molar-refractivity contribution in [2.45, 2.75) is 30.5 Å². The van der Waals surface area contributed by atoms with Crippen LogP contribution in [0.25, 0.3) is 0 Å². The molecule has 0 saturated carbocycles. The third kappa shape index (κ3) is 3.08. The molecule has 0 radical (unpaired) electrons. The van der Waals surface area contributed by atoms with Gasteiger partial charge in [-0.1, -0.05) is 0 Å². The number of furan rings is 1. The van der Waals surface area contributed by atoms with E-state index in [0.717, 1.165) is 0 Å². The van der Waals surface area contributed by atoms with E-state index in [1.807, 2.05) is 0 Å². The first-order valence-corrected chi connectivity index (χ1v) is 9.67. The Balaban J connectivity index is 1.56. The van der Waals surface area contributed by atoms with Crippen LogP contribution < -0.4 is 10.0 Å². The van der Waals surface area contributed by atoms with E-state index in [9.17, 15) is 22.8 Å². The van der Waals surface area contributed by atoms with Crippen LogP contribution in [-0.2, 0) is 26.2 Å². The number of hydrogen-bond acceptors (Lipinski definition) is 6. The summed E-state index contributed by atoms with van der Waals surface area (Å²) < 4.78 is 31.8. The van der Waals surface area contributed by atoms with Crippen molar-refractivity contribution < 1.29 is 27.2 Å². The number of fused-ring (bicyclic) bond motifs is 1. The van der Waals surface area contributed by atoms with Crippen molar-refractivity contribution in [3.8, 4) is 0 Å². The first-order chi connectivity index (χ1) is 12.8. The minimum atomic E-state index is -3.87. The molecule has 2 aliphatic rings. The number of imide groups is 1. The van der Waals surface area contributed by atoms with E-state index in [1.165, 1.54) is 35.4 Å². The fraction of sp³-hybridized carbons (Fsp3) is 0.235. The van der Waals surface area contributed by atoms with Gasteiger partial charge in [0, 0.05) is 24.2 Å². The zero-order valence-electron chi connectivity index (χ0n) is 14.0. The third-order valence-electron chi connectivity index (χ3n) is 4.54. The molecule has 2 aromatic rings. The van der Waals surface area contributed by atoms with Gasteiger partial charge in [0.25, 0.3) is 15.9 Å². The molecule has 0 aliphatic carbocycles. The summed E-state index contributed by atoms with van der Waals surface area (Å²) in [6.45, 7) is 0.163. The van der Waals surface area contributed by atoms with Crippen LogP contribution in [-0.4, -0.2) is 37.1 Å². The molecular formula is C17H15N3O6S.